The third-order valence-electron chi connectivity index (χ3n) is 2.70. The van der Waals surface area contributed by atoms with Gasteiger partial charge in [-0.05, 0) is 43.1 Å². The maximum Gasteiger partial charge on any atom is 0.407 e. The lowest BCUT2D eigenvalue weighted by Crippen LogP contribution is -2.46. The highest BCUT2D eigenvalue weighted by Gasteiger charge is 2.33. The molecule has 2 aliphatic rings. The molecule has 19 heavy (non-hydrogen) atoms. The Morgan fingerprint density at radius 1 is 1.58 bits per heavy atom. The smallest absolute Gasteiger partial charge is 0.407 e. The van der Waals surface area contributed by atoms with Crippen LogP contribution in [0.1, 0.15) is 27.2 Å². The fourth-order valence-corrected chi connectivity index (χ4v) is 2.42. The van der Waals surface area contributed by atoms with Crippen LogP contribution in [0.25, 0.3) is 0 Å². The van der Waals surface area contributed by atoms with Gasteiger partial charge in [0.1, 0.15) is 11.7 Å². The molecule has 1 saturated heterocycles. The Bertz CT molecular complexity index is 428. The van der Waals surface area contributed by atoms with Crippen LogP contribution in [0.3, 0.4) is 0 Å². The summed E-state index contributed by atoms with van der Waals surface area (Å²) < 4.78 is 11.4. The number of hydrogen-bond acceptors (Lipinski definition) is 5. The number of aliphatic imine (C=N–C) groups is 2. The van der Waals surface area contributed by atoms with Crippen molar-refractivity contribution >= 4 is 32.5 Å². The van der Waals surface area contributed by atoms with Crippen LogP contribution >= 0.6 is 15.9 Å². The summed E-state index contributed by atoms with van der Waals surface area (Å²) in [5.41, 5.74) is 0.367. The van der Waals surface area contributed by atoms with Gasteiger partial charge in [0.15, 0.2) is 4.74 Å². The van der Waals surface area contributed by atoms with Crippen LogP contribution in [0.4, 0.5) is 4.79 Å². The number of carbonyl (C=O) groups excluding carboxylic acids is 1. The molecule has 0 aromatic heterocycles. The van der Waals surface area contributed by atoms with Gasteiger partial charge in [-0.25, -0.2) is 9.79 Å². The van der Waals surface area contributed by atoms with Crippen molar-refractivity contribution in [3.8, 4) is 0 Å². The number of nitrogens with one attached hydrogen (secondary N) is 1. The average molecular weight is 332 g/mol. The minimum atomic E-state index is -0.503. The molecule has 2 unspecified atom stereocenters. The summed E-state index contributed by atoms with van der Waals surface area (Å²) >= 11 is 3.27. The number of amidine groups is 1. The van der Waals surface area contributed by atoms with Gasteiger partial charge in [-0.2, -0.15) is 0 Å². The number of hydrogen-bond donors (Lipinski definition) is 1. The molecule has 2 aliphatic heterocycles. The molecule has 0 aromatic rings. The van der Waals surface area contributed by atoms with Gasteiger partial charge in [0.25, 0.3) is 0 Å². The van der Waals surface area contributed by atoms with Crippen molar-refractivity contribution in [1.29, 1.82) is 0 Å². The van der Waals surface area contributed by atoms with Gasteiger partial charge in [-0.3, -0.25) is 4.99 Å². The highest BCUT2D eigenvalue weighted by Crippen LogP contribution is 2.21. The van der Waals surface area contributed by atoms with E-state index in [1.54, 1.807) is 0 Å². The molecule has 1 amide bonds. The predicted octanol–water partition coefficient (Wildman–Crippen LogP) is 1.87. The molecule has 1 N–H and O–H groups in total. The lowest BCUT2D eigenvalue weighted by Gasteiger charge is -2.27. The second-order valence-corrected chi connectivity index (χ2v) is 6.19. The normalized spacial score (nSPS) is 26.3. The van der Waals surface area contributed by atoms with Gasteiger partial charge in [-0.1, -0.05) is 0 Å². The summed E-state index contributed by atoms with van der Waals surface area (Å²) in [6, 6.07) is 0.0774. The fourth-order valence-electron chi connectivity index (χ4n) is 1.96. The van der Waals surface area contributed by atoms with Gasteiger partial charge >= 0.3 is 6.09 Å². The van der Waals surface area contributed by atoms with E-state index < -0.39 is 11.7 Å². The summed E-state index contributed by atoms with van der Waals surface area (Å²) in [6.07, 6.45) is 0.151. The van der Waals surface area contributed by atoms with Crippen molar-refractivity contribution in [2.45, 2.75) is 44.9 Å². The zero-order valence-electron chi connectivity index (χ0n) is 11.3. The first kappa shape index (κ1) is 14.5. The number of alkyl carbamates (subject to hydrolysis) is 1. The molecule has 7 heteroatoms. The minimum Gasteiger partial charge on any atom is -0.444 e. The molecule has 0 bridgehead atoms. The summed E-state index contributed by atoms with van der Waals surface area (Å²) in [4.78, 5) is 20.3. The van der Waals surface area contributed by atoms with E-state index in [1.807, 2.05) is 20.8 Å². The first-order chi connectivity index (χ1) is 8.85. The molecule has 0 saturated carbocycles. The lowest BCUT2D eigenvalue weighted by atomic mass is 10.0. The van der Waals surface area contributed by atoms with Crippen molar-refractivity contribution in [2.24, 2.45) is 9.98 Å². The molecule has 1 fully saturated rings. The Morgan fingerprint density at radius 2 is 2.32 bits per heavy atom. The summed E-state index contributed by atoms with van der Waals surface area (Å²) in [7, 11) is 0. The highest BCUT2D eigenvalue weighted by atomic mass is 79.9. The topological polar surface area (TPSA) is 72.3 Å². The van der Waals surface area contributed by atoms with Crippen LogP contribution in [0.15, 0.2) is 9.98 Å². The van der Waals surface area contributed by atoms with Crippen molar-refractivity contribution in [2.75, 3.05) is 13.2 Å². The van der Waals surface area contributed by atoms with Crippen LogP contribution in [-0.4, -0.2) is 47.4 Å². The zero-order chi connectivity index (χ0) is 14.0. The van der Waals surface area contributed by atoms with E-state index in [9.17, 15) is 4.79 Å². The number of ether oxygens (including phenoxy) is 2. The standard InChI is InChI=1S/C12H18BrN3O3/c1-12(2,3)19-11(17)14-6-8-9-7(4-5-18-8)15-10(13)16-9/h7-8H,4-6H2,1-3H3,(H,14,17). The van der Waals surface area contributed by atoms with Crippen molar-refractivity contribution < 1.29 is 14.3 Å². The number of fused-ring (bicyclic) bond motifs is 1. The van der Waals surface area contributed by atoms with Gasteiger partial charge < -0.3 is 14.8 Å². The number of rotatable bonds is 2. The maximum atomic E-state index is 11.6. The summed E-state index contributed by atoms with van der Waals surface area (Å²) in [5, 5.41) is 2.70. The Kier molecular flexibility index (Phi) is 4.25. The van der Waals surface area contributed by atoms with Crippen LogP contribution in [-0.2, 0) is 9.47 Å². The Morgan fingerprint density at radius 3 is 3.00 bits per heavy atom. The van der Waals surface area contributed by atoms with Crippen LogP contribution in [0.5, 0.6) is 0 Å². The number of carbonyl (C=O) groups is 1. The summed E-state index contributed by atoms with van der Waals surface area (Å²) in [5.74, 6) is 0. The largest absolute Gasteiger partial charge is 0.444 e. The van der Waals surface area contributed by atoms with Gasteiger partial charge in [0.2, 0.25) is 0 Å². The molecule has 0 radical (unpaired) electrons. The molecule has 6 nitrogen and oxygen atoms in total. The second kappa shape index (κ2) is 5.58. The Balaban J connectivity index is 1.86. The first-order valence-electron chi connectivity index (χ1n) is 6.25. The Labute approximate surface area is 120 Å². The van der Waals surface area contributed by atoms with E-state index in [0.29, 0.717) is 17.9 Å². The lowest BCUT2D eigenvalue weighted by molar-refractivity contribution is 0.0437. The molecule has 2 atom stereocenters. The van der Waals surface area contributed by atoms with E-state index in [0.717, 1.165) is 12.1 Å². The van der Waals surface area contributed by atoms with Gasteiger partial charge in [0, 0.05) is 6.61 Å². The SMILES string of the molecule is CC(C)(C)OC(=O)NCC1OCCC2N=C(Br)N=C21. The molecule has 106 valence electrons. The molecular weight excluding hydrogens is 314 g/mol. The molecule has 2 rings (SSSR count). The number of nitrogens with zero attached hydrogens (tertiary/aromatic N) is 2. The monoisotopic (exact) mass is 331 g/mol. The van der Waals surface area contributed by atoms with E-state index in [4.69, 9.17) is 9.47 Å². The molecule has 0 aliphatic carbocycles. The van der Waals surface area contributed by atoms with E-state index in [2.05, 4.69) is 31.2 Å². The first-order valence-corrected chi connectivity index (χ1v) is 7.05. The average Bonchev–Trinajstić information content (AvgIpc) is 2.64. The predicted molar refractivity (Wildman–Crippen MR) is 76.2 cm³/mol. The quantitative estimate of drug-likeness (QED) is 0.785. The fraction of sp³-hybridized carbons (Fsp3) is 0.750. The molecular formula is C12H18BrN3O3. The Hall–Kier alpha value is -0.950. The molecule has 0 aromatic carbocycles. The molecule has 2 heterocycles. The summed E-state index contributed by atoms with van der Waals surface area (Å²) in [6.45, 7) is 6.44. The van der Waals surface area contributed by atoms with Crippen molar-refractivity contribution in [1.82, 2.24) is 5.32 Å². The third-order valence-corrected chi connectivity index (χ3v) is 3.08. The number of amides is 1. The van der Waals surface area contributed by atoms with Crippen molar-refractivity contribution in [3.63, 3.8) is 0 Å². The van der Waals surface area contributed by atoms with E-state index >= 15 is 0 Å². The number of halogens is 1. The minimum absolute atomic E-state index is 0.0774. The van der Waals surface area contributed by atoms with Crippen LogP contribution < -0.4 is 5.32 Å². The highest BCUT2D eigenvalue weighted by molar-refractivity contribution is 9.18. The molecule has 0 spiro atoms. The van der Waals surface area contributed by atoms with Gasteiger partial charge in [0.05, 0.1) is 18.3 Å². The second-order valence-electron chi connectivity index (χ2n) is 5.48. The van der Waals surface area contributed by atoms with E-state index in [1.165, 1.54) is 0 Å². The third kappa shape index (κ3) is 4.01. The van der Waals surface area contributed by atoms with Gasteiger partial charge in [-0.15, -0.1) is 0 Å². The van der Waals surface area contributed by atoms with E-state index in [-0.39, 0.29) is 12.1 Å². The maximum absolute atomic E-state index is 11.6. The zero-order valence-corrected chi connectivity index (χ0v) is 12.9. The van der Waals surface area contributed by atoms with Crippen LogP contribution in [0, 0.1) is 0 Å². The van der Waals surface area contributed by atoms with Crippen LogP contribution in [0.2, 0.25) is 0 Å². The van der Waals surface area contributed by atoms with Crippen molar-refractivity contribution in [3.05, 3.63) is 0 Å².